The summed E-state index contributed by atoms with van der Waals surface area (Å²) in [6.07, 6.45) is 3.11. The molecule has 0 unspecified atom stereocenters. The number of aryl methyl sites for hydroxylation is 1. The van der Waals surface area contributed by atoms with Gasteiger partial charge in [-0.3, -0.25) is 0 Å². The molecule has 1 nitrogen and oxygen atoms in total. The van der Waals surface area contributed by atoms with E-state index in [0.717, 1.165) is 27.9 Å². The molecule has 3 rings (SSSR count). The third-order valence-corrected chi connectivity index (χ3v) is 3.07. The topological polar surface area (TPSA) is 12.9 Å². The molecule has 0 aliphatic heterocycles. The second-order valence-corrected chi connectivity index (χ2v) is 4.46. The van der Waals surface area contributed by atoms with Crippen LogP contribution in [-0.2, 0) is 20.1 Å². The molecule has 1 aromatic heterocycles. The molecule has 1 radical (unpaired) electrons. The molecule has 0 fully saturated rings. The van der Waals surface area contributed by atoms with Gasteiger partial charge in [0.15, 0.2) is 0 Å². The summed E-state index contributed by atoms with van der Waals surface area (Å²) in [6, 6.07) is 23.4. The molecular weight excluding hydrogens is 422 g/mol. The summed E-state index contributed by atoms with van der Waals surface area (Å²) in [4.78, 5) is 4.48. The van der Waals surface area contributed by atoms with Gasteiger partial charge in [-0.1, -0.05) is 43.5 Å². The van der Waals surface area contributed by atoms with Crippen molar-refractivity contribution < 1.29 is 20.1 Å². The molecule has 0 bridgehead atoms. The molecular formula is C18H13IrN-2. The van der Waals surface area contributed by atoms with Crippen LogP contribution in [0.5, 0.6) is 0 Å². The predicted octanol–water partition coefficient (Wildman–Crippen LogP) is 4.32. The Morgan fingerprint density at radius 2 is 1.65 bits per heavy atom. The minimum absolute atomic E-state index is 0. The maximum atomic E-state index is 4.48. The fourth-order valence-corrected chi connectivity index (χ4v) is 2.11. The van der Waals surface area contributed by atoms with Crippen molar-refractivity contribution in [1.29, 1.82) is 0 Å². The largest absolute Gasteiger partial charge is 0.362 e. The van der Waals surface area contributed by atoms with E-state index in [-0.39, 0.29) is 20.1 Å². The van der Waals surface area contributed by atoms with Gasteiger partial charge in [-0.15, -0.1) is 11.6 Å². The van der Waals surface area contributed by atoms with Gasteiger partial charge < -0.3 is 4.98 Å². The van der Waals surface area contributed by atoms with Crippen LogP contribution >= 0.6 is 0 Å². The monoisotopic (exact) mass is 436 g/mol. The first-order chi connectivity index (χ1) is 9.34. The quantitative estimate of drug-likeness (QED) is 0.547. The molecule has 0 N–H and O–H groups in total. The fourth-order valence-electron chi connectivity index (χ4n) is 2.11. The first-order valence-electron chi connectivity index (χ1n) is 6.26. The van der Waals surface area contributed by atoms with E-state index in [4.69, 9.17) is 0 Å². The maximum absolute atomic E-state index is 4.48. The number of benzene rings is 2. The normalized spacial score (nSPS) is 9.85. The van der Waals surface area contributed by atoms with Crippen LogP contribution in [0.2, 0.25) is 0 Å². The van der Waals surface area contributed by atoms with E-state index in [2.05, 4.69) is 42.4 Å². The Morgan fingerprint density at radius 1 is 0.900 bits per heavy atom. The molecule has 0 saturated heterocycles. The van der Waals surface area contributed by atoms with Crippen molar-refractivity contribution in [3.63, 3.8) is 0 Å². The summed E-state index contributed by atoms with van der Waals surface area (Å²) < 4.78 is 0. The van der Waals surface area contributed by atoms with E-state index >= 15 is 0 Å². The van der Waals surface area contributed by atoms with Crippen molar-refractivity contribution in [2.24, 2.45) is 0 Å². The summed E-state index contributed by atoms with van der Waals surface area (Å²) in [5.74, 6) is 0. The number of rotatable bonds is 2. The van der Waals surface area contributed by atoms with Gasteiger partial charge in [0.2, 0.25) is 0 Å². The number of hydrogen-bond acceptors (Lipinski definition) is 1. The molecule has 2 aromatic carbocycles. The van der Waals surface area contributed by atoms with Gasteiger partial charge in [0.05, 0.1) is 0 Å². The molecule has 0 atom stereocenters. The number of aromatic nitrogens is 1. The zero-order valence-corrected chi connectivity index (χ0v) is 13.4. The molecule has 3 aromatic rings. The first-order valence-corrected chi connectivity index (χ1v) is 6.26. The Kier molecular flexibility index (Phi) is 4.83. The molecule has 0 amide bonds. The van der Waals surface area contributed by atoms with Gasteiger partial charge in [-0.2, -0.15) is 30.3 Å². The van der Waals surface area contributed by atoms with Crippen molar-refractivity contribution in [2.75, 3.05) is 0 Å². The third-order valence-electron chi connectivity index (χ3n) is 3.07. The second-order valence-electron chi connectivity index (χ2n) is 4.46. The van der Waals surface area contributed by atoms with Crippen molar-refractivity contribution in [2.45, 2.75) is 6.92 Å². The van der Waals surface area contributed by atoms with E-state index in [0.29, 0.717) is 0 Å². The van der Waals surface area contributed by atoms with E-state index in [1.165, 1.54) is 0 Å². The minimum atomic E-state index is 0. The van der Waals surface area contributed by atoms with Crippen molar-refractivity contribution in [3.8, 4) is 22.4 Å². The van der Waals surface area contributed by atoms with E-state index in [9.17, 15) is 0 Å². The van der Waals surface area contributed by atoms with Crippen LogP contribution in [-0.4, -0.2) is 4.98 Å². The minimum Gasteiger partial charge on any atom is -0.362 e. The Bertz CT molecular complexity index is 678. The Hall–Kier alpha value is -1.76. The number of pyridine rings is 1. The molecule has 20 heavy (non-hydrogen) atoms. The standard InChI is InChI=1S/C18H13N.Ir/c1-14-12-17(15-8-4-2-5-9-15)13-19-18(14)16-10-6-3-7-11-16;/h2-8,10-12H,1H3;/q-2;. The second kappa shape index (κ2) is 6.60. The number of nitrogens with zero attached hydrogens (tertiary/aromatic N) is 1. The summed E-state index contributed by atoms with van der Waals surface area (Å²) in [6.45, 7) is 2.08. The van der Waals surface area contributed by atoms with Crippen LogP contribution in [0.1, 0.15) is 5.56 Å². The van der Waals surface area contributed by atoms with Crippen LogP contribution in [0.4, 0.5) is 0 Å². The van der Waals surface area contributed by atoms with Gasteiger partial charge in [0.25, 0.3) is 0 Å². The first kappa shape index (κ1) is 14.6. The van der Waals surface area contributed by atoms with Gasteiger partial charge in [-0.05, 0) is 11.3 Å². The van der Waals surface area contributed by atoms with E-state index < -0.39 is 0 Å². The van der Waals surface area contributed by atoms with Crippen LogP contribution in [0.15, 0.2) is 60.7 Å². The molecule has 0 saturated carbocycles. The Morgan fingerprint density at radius 3 is 2.30 bits per heavy atom. The summed E-state index contributed by atoms with van der Waals surface area (Å²) in [5.41, 5.74) is 5.27. The Labute approximate surface area is 133 Å². The molecule has 101 valence electrons. The van der Waals surface area contributed by atoms with Crippen molar-refractivity contribution >= 4 is 0 Å². The molecule has 1 heterocycles. The fraction of sp³-hybridized carbons (Fsp3) is 0.0556. The average molecular weight is 436 g/mol. The van der Waals surface area contributed by atoms with E-state index in [1.54, 1.807) is 0 Å². The summed E-state index contributed by atoms with van der Waals surface area (Å²) in [7, 11) is 0. The van der Waals surface area contributed by atoms with Gasteiger partial charge in [-0.25, -0.2) is 11.1 Å². The molecule has 0 aliphatic rings. The van der Waals surface area contributed by atoms with Crippen LogP contribution in [0.25, 0.3) is 22.4 Å². The molecule has 0 spiro atoms. The smallest absolute Gasteiger partial charge is 0 e. The van der Waals surface area contributed by atoms with Crippen LogP contribution in [0.3, 0.4) is 0 Å². The zero-order chi connectivity index (χ0) is 13.1. The summed E-state index contributed by atoms with van der Waals surface area (Å²) in [5, 5.41) is 0. The zero-order valence-electron chi connectivity index (χ0n) is 11.1. The molecule has 2 heteroatoms. The van der Waals surface area contributed by atoms with E-state index in [1.807, 2.05) is 42.5 Å². The summed E-state index contributed by atoms with van der Waals surface area (Å²) >= 11 is 0. The maximum Gasteiger partial charge on any atom is 0 e. The van der Waals surface area contributed by atoms with Gasteiger partial charge in [0, 0.05) is 20.1 Å². The van der Waals surface area contributed by atoms with Crippen molar-refractivity contribution in [3.05, 3.63) is 78.5 Å². The predicted molar refractivity (Wildman–Crippen MR) is 77.5 cm³/mol. The SMILES string of the molecule is Cc1cc(-c2[c-]cccc2)[c-]nc1-c1ccccc1.[Ir]. The Balaban J connectivity index is 0.00000147. The third kappa shape index (κ3) is 3.04. The van der Waals surface area contributed by atoms with Crippen LogP contribution in [0, 0.1) is 19.2 Å². The average Bonchev–Trinajstić information content (AvgIpc) is 2.49. The van der Waals surface area contributed by atoms with Gasteiger partial charge in [0.1, 0.15) is 0 Å². The van der Waals surface area contributed by atoms with Crippen molar-refractivity contribution in [1.82, 2.24) is 4.98 Å². The van der Waals surface area contributed by atoms with Crippen LogP contribution < -0.4 is 0 Å². The number of hydrogen-bond donors (Lipinski definition) is 0. The molecule has 0 aliphatic carbocycles. The van der Waals surface area contributed by atoms with Gasteiger partial charge >= 0.3 is 0 Å².